The van der Waals surface area contributed by atoms with Gasteiger partial charge in [0.25, 0.3) is 5.91 Å². The summed E-state index contributed by atoms with van der Waals surface area (Å²) in [5.41, 5.74) is 1.95. The third-order valence-electron chi connectivity index (χ3n) is 3.47. The topological polar surface area (TPSA) is 65.3 Å². The van der Waals surface area contributed by atoms with E-state index in [4.69, 9.17) is 5.11 Å². The fourth-order valence-corrected chi connectivity index (χ4v) is 2.46. The summed E-state index contributed by atoms with van der Waals surface area (Å²) in [7, 11) is 0. The molecule has 1 aromatic carbocycles. The summed E-state index contributed by atoms with van der Waals surface area (Å²) < 4.78 is 13.0. The highest BCUT2D eigenvalue weighted by atomic mass is 19.1. The molecule has 22 heavy (non-hydrogen) atoms. The molecule has 0 aliphatic carbocycles. The number of aliphatic hydroxyl groups excluding tert-OH is 1. The van der Waals surface area contributed by atoms with Crippen molar-refractivity contribution in [3.05, 3.63) is 30.1 Å². The summed E-state index contributed by atoms with van der Waals surface area (Å²) in [6.07, 6.45) is 1.56. The van der Waals surface area contributed by atoms with Gasteiger partial charge in [0.1, 0.15) is 11.7 Å². The Morgan fingerprint density at radius 2 is 2.09 bits per heavy atom. The van der Waals surface area contributed by atoms with E-state index >= 15 is 0 Å². The first kappa shape index (κ1) is 16.3. The van der Waals surface area contributed by atoms with Gasteiger partial charge in [-0.15, -0.1) is 0 Å². The lowest BCUT2D eigenvalue weighted by Crippen LogP contribution is -2.32. The molecule has 1 N–H and O–H groups in total. The molecule has 1 aromatic rings. The van der Waals surface area contributed by atoms with E-state index < -0.39 is 5.92 Å². The second-order valence-corrected chi connectivity index (χ2v) is 5.15. The van der Waals surface area contributed by atoms with Crippen LogP contribution in [-0.4, -0.2) is 35.6 Å². The summed E-state index contributed by atoms with van der Waals surface area (Å²) in [5.74, 6) is -1.03. The number of rotatable bonds is 6. The van der Waals surface area contributed by atoms with Crippen LogP contribution in [0.25, 0.3) is 0 Å². The Hall–Kier alpha value is -2.08. The molecule has 1 aliphatic rings. The van der Waals surface area contributed by atoms with Crippen molar-refractivity contribution in [2.45, 2.75) is 26.7 Å². The molecule has 1 heterocycles. The Kier molecular flexibility index (Phi) is 5.38. The van der Waals surface area contributed by atoms with E-state index in [1.807, 2.05) is 6.92 Å². The lowest BCUT2D eigenvalue weighted by Gasteiger charge is -2.14. The monoisotopic (exact) mass is 305 g/mol. The molecular formula is C16H20FN3O2. The highest BCUT2D eigenvalue weighted by molar-refractivity contribution is 6.28. The number of hydrogen-bond acceptors (Lipinski definition) is 4. The average molecular weight is 305 g/mol. The number of halogens is 1. The zero-order chi connectivity index (χ0) is 16.1. The van der Waals surface area contributed by atoms with Gasteiger partial charge in [-0.3, -0.25) is 9.79 Å². The van der Waals surface area contributed by atoms with Crippen molar-refractivity contribution in [2.75, 3.05) is 18.2 Å². The minimum atomic E-state index is -0.489. The van der Waals surface area contributed by atoms with Gasteiger partial charge in [-0.1, -0.05) is 13.3 Å². The molecule has 1 amide bonds. The Bertz CT molecular complexity index is 596. The van der Waals surface area contributed by atoms with Crippen LogP contribution in [0, 0.1) is 11.7 Å². The summed E-state index contributed by atoms with van der Waals surface area (Å²) in [6, 6.07) is 5.67. The predicted octanol–water partition coefficient (Wildman–Crippen LogP) is 2.40. The Morgan fingerprint density at radius 3 is 2.68 bits per heavy atom. The van der Waals surface area contributed by atoms with Crippen molar-refractivity contribution < 1.29 is 14.3 Å². The van der Waals surface area contributed by atoms with Crippen molar-refractivity contribution >= 4 is 23.0 Å². The number of hydrogen-bond donors (Lipinski definition) is 1. The number of amides is 1. The third kappa shape index (κ3) is 3.39. The van der Waals surface area contributed by atoms with Crippen LogP contribution in [0.5, 0.6) is 0 Å². The number of hydrazone groups is 1. The van der Waals surface area contributed by atoms with E-state index in [1.54, 1.807) is 6.92 Å². The van der Waals surface area contributed by atoms with E-state index in [2.05, 4.69) is 10.1 Å². The van der Waals surface area contributed by atoms with Gasteiger partial charge in [0.15, 0.2) is 0 Å². The molecule has 0 bridgehead atoms. The molecule has 0 unspecified atom stereocenters. The first-order chi connectivity index (χ1) is 10.6. The lowest BCUT2D eigenvalue weighted by atomic mass is 9.95. The van der Waals surface area contributed by atoms with Crippen LogP contribution < -0.4 is 5.01 Å². The molecule has 0 saturated carbocycles. The van der Waals surface area contributed by atoms with Crippen molar-refractivity contribution in [3.8, 4) is 0 Å². The zero-order valence-corrected chi connectivity index (χ0v) is 12.8. The van der Waals surface area contributed by atoms with Gasteiger partial charge in [0, 0.05) is 5.71 Å². The van der Waals surface area contributed by atoms with E-state index in [0.29, 0.717) is 17.8 Å². The van der Waals surface area contributed by atoms with Gasteiger partial charge in [-0.25, -0.2) is 4.39 Å². The molecule has 0 fully saturated rings. The number of carbonyl (C=O) groups is 1. The maximum absolute atomic E-state index is 13.0. The average Bonchev–Trinajstić information content (AvgIpc) is 2.83. The van der Waals surface area contributed by atoms with Gasteiger partial charge in [0.05, 0.1) is 24.6 Å². The number of aliphatic hydroxyl groups is 1. The van der Waals surface area contributed by atoms with E-state index in [-0.39, 0.29) is 24.9 Å². The van der Waals surface area contributed by atoms with Gasteiger partial charge in [-0.2, -0.15) is 10.1 Å². The maximum atomic E-state index is 13.0. The van der Waals surface area contributed by atoms with E-state index in [1.165, 1.54) is 29.3 Å². The smallest absolute Gasteiger partial charge is 0.261 e. The van der Waals surface area contributed by atoms with Gasteiger partial charge < -0.3 is 5.11 Å². The van der Waals surface area contributed by atoms with Gasteiger partial charge in [-0.05, 0) is 37.6 Å². The van der Waals surface area contributed by atoms with E-state index in [0.717, 1.165) is 12.1 Å². The minimum Gasteiger partial charge on any atom is -0.394 e. The molecule has 6 heteroatoms. The molecule has 1 aliphatic heterocycles. The van der Waals surface area contributed by atoms with E-state index in [9.17, 15) is 9.18 Å². The molecule has 5 nitrogen and oxygen atoms in total. The molecule has 0 aromatic heterocycles. The van der Waals surface area contributed by atoms with Crippen LogP contribution >= 0.6 is 0 Å². The number of carbonyl (C=O) groups excluding carboxylic acids is 1. The molecular weight excluding hydrogens is 285 g/mol. The molecule has 0 spiro atoms. The molecule has 0 radical (unpaired) electrons. The lowest BCUT2D eigenvalue weighted by molar-refractivity contribution is -0.118. The Labute approximate surface area is 129 Å². The highest BCUT2D eigenvalue weighted by Gasteiger charge is 2.37. The number of benzene rings is 1. The fraction of sp³-hybridized carbons (Fsp3) is 0.438. The minimum absolute atomic E-state index is 0.0554. The summed E-state index contributed by atoms with van der Waals surface area (Å²) in [4.78, 5) is 16.9. The highest BCUT2D eigenvalue weighted by Crippen LogP contribution is 2.26. The normalized spacial score (nSPS) is 18.8. The quantitative estimate of drug-likeness (QED) is 0.820. The van der Waals surface area contributed by atoms with Crippen molar-refractivity contribution in [3.63, 3.8) is 0 Å². The first-order valence-electron chi connectivity index (χ1n) is 7.37. The zero-order valence-electron chi connectivity index (χ0n) is 12.8. The first-order valence-corrected chi connectivity index (χ1v) is 7.37. The van der Waals surface area contributed by atoms with Crippen LogP contribution in [0.2, 0.25) is 0 Å². The number of aliphatic imine (C=N–C) groups is 1. The van der Waals surface area contributed by atoms with Crippen LogP contribution in [0.4, 0.5) is 10.1 Å². The second kappa shape index (κ2) is 7.26. The summed E-state index contributed by atoms with van der Waals surface area (Å²) in [5, 5.41) is 14.6. The van der Waals surface area contributed by atoms with Crippen molar-refractivity contribution in [2.24, 2.45) is 16.0 Å². The number of anilines is 1. The van der Waals surface area contributed by atoms with Crippen LogP contribution in [0.15, 0.2) is 34.4 Å². The fourth-order valence-electron chi connectivity index (χ4n) is 2.46. The van der Waals surface area contributed by atoms with Crippen LogP contribution in [0.1, 0.15) is 26.7 Å². The summed E-state index contributed by atoms with van der Waals surface area (Å²) in [6.45, 7) is 4.01. The predicted molar refractivity (Wildman–Crippen MR) is 84.8 cm³/mol. The summed E-state index contributed by atoms with van der Waals surface area (Å²) >= 11 is 0. The van der Waals surface area contributed by atoms with Crippen LogP contribution in [-0.2, 0) is 4.79 Å². The SMILES string of the molecule is CCCC1=NN(c2ccc(F)cc2)C(=O)[C@@H]1C(C)=NCCO. The third-order valence-corrected chi connectivity index (χ3v) is 3.47. The van der Waals surface area contributed by atoms with Gasteiger partial charge >= 0.3 is 0 Å². The Morgan fingerprint density at radius 1 is 1.41 bits per heavy atom. The molecule has 1 atom stereocenters. The standard InChI is InChI=1S/C16H20FN3O2/c1-3-4-14-15(11(2)18-9-10-21)16(22)20(19-14)13-7-5-12(17)6-8-13/h5-8,15,21H,3-4,9-10H2,1-2H3/t15-/m1/s1. The van der Waals surface area contributed by atoms with Crippen molar-refractivity contribution in [1.29, 1.82) is 0 Å². The Balaban J connectivity index is 2.31. The second-order valence-electron chi connectivity index (χ2n) is 5.15. The maximum Gasteiger partial charge on any atom is 0.261 e. The largest absolute Gasteiger partial charge is 0.394 e. The molecule has 2 rings (SSSR count). The molecule has 118 valence electrons. The van der Waals surface area contributed by atoms with Crippen LogP contribution in [0.3, 0.4) is 0 Å². The number of nitrogens with zero attached hydrogens (tertiary/aromatic N) is 3. The van der Waals surface area contributed by atoms with Gasteiger partial charge in [0.2, 0.25) is 0 Å². The van der Waals surface area contributed by atoms with Crippen molar-refractivity contribution in [1.82, 2.24) is 0 Å². The molecule has 0 saturated heterocycles.